The third-order valence-corrected chi connectivity index (χ3v) is 5.46. The number of hydrogen-bond donors (Lipinski definition) is 1. The van der Waals surface area contributed by atoms with Crippen molar-refractivity contribution in [2.24, 2.45) is 0 Å². The smallest absolute Gasteiger partial charge is 0.272 e. The minimum Gasteiger partial charge on any atom is -0.391 e. The highest BCUT2D eigenvalue weighted by molar-refractivity contribution is 5.93. The number of nitrogens with zero attached hydrogens (tertiary/aromatic N) is 3. The predicted molar refractivity (Wildman–Crippen MR) is 107 cm³/mol. The van der Waals surface area contributed by atoms with Crippen molar-refractivity contribution in [1.29, 1.82) is 0 Å². The molecule has 146 valence electrons. The number of aromatic nitrogens is 2. The molecule has 1 N–H and O–H groups in total. The molecule has 0 radical (unpaired) electrons. The molecule has 0 spiro atoms. The molecule has 1 amide bonds. The van der Waals surface area contributed by atoms with Gasteiger partial charge in [0.25, 0.3) is 5.91 Å². The topological polar surface area (TPSA) is 58.4 Å². The summed E-state index contributed by atoms with van der Waals surface area (Å²) >= 11 is 0. The zero-order chi connectivity index (χ0) is 19.4. The fourth-order valence-corrected chi connectivity index (χ4v) is 3.85. The van der Waals surface area contributed by atoms with Gasteiger partial charge in [0, 0.05) is 13.1 Å². The molecule has 1 aromatic heterocycles. The first-order valence-electron chi connectivity index (χ1n) is 10.1. The van der Waals surface area contributed by atoms with E-state index in [9.17, 15) is 9.90 Å². The first-order chi connectivity index (χ1) is 13.0. The Labute approximate surface area is 162 Å². The Morgan fingerprint density at radius 1 is 1.26 bits per heavy atom. The van der Waals surface area contributed by atoms with Crippen LogP contribution in [0.3, 0.4) is 0 Å². The molecule has 1 aliphatic rings. The lowest BCUT2D eigenvalue weighted by Gasteiger charge is -2.37. The van der Waals surface area contributed by atoms with Crippen LogP contribution in [0.4, 0.5) is 0 Å². The van der Waals surface area contributed by atoms with Crippen molar-refractivity contribution in [3.8, 4) is 0 Å². The van der Waals surface area contributed by atoms with Gasteiger partial charge in [0.1, 0.15) is 5.69 Å². The van der Waals surface area contributed by atoms with Crippen molar-refractivity contribution >= 4 is 5.91 Å². The van der Waals surface area contributed by atoms with Gasteiger partial charge in [0.2, 0.25) is 0 Å². The van der Waals surface area contributed by atoms with Crippen molar-refractivity contribution in [3.05, 3.63) is 53.3 Å². The van der Waals surface area contributed by atoms with Gasteiger partial charge in [-0.25, -0.2) is 0 Å². The third kappa shape index (κ3) is 4.41. The number of aryl methyl sites for hydroxylation is 1. The molecule has 1 heterocycles. The highest BCUT2D eigenvalue weighted by Crippen LogP contribution is 2.27. The van der Waals surface area contributed by atoms with Crippen LogP contribution >= 0.6 is 0 Å². The number of carbonyl (C=O) groups excluding carboxylic acids is 1. The van der Waals surface area contributed by atoms with E-state index < -0.39 is 6.10 Å². The minimum absolute atomic E-state index is 0.0361. The van der Waals surface area contributed by atoms with Crippen molar-refractivity contribution in [1.82, 2.24) is 14.7 Å². The van der Waals surface area contributed by atoms with Gasteiger partial charge < -0.3 is 10.0 Å². The molecule has 0 bridgehead atoms. The largest absolute Gasteiger partial charge is 0.391 e. The van der Waals surface area contributed by atoms with E-state index in [1.807, 2.05) is 48.2 Å². The van der Waals surface area contributed by atoms with Gasteiger partial charge in [-0.2, -0.15) is 5.10 Å². The molecule has 5 heteroatoms. The second-order valence-electron chi connectivity index (χ2n) is 7.76. The molecule has 0 saturated heterocycles. The predicted octanol–water partition coefficient (Wildman–Crippen LogP) is 3.97. The van der Waals surface area contributed by atoms with Gasteiger partial charge in [0.05, 0.1) is 17.8 Å². The molecule has 5 nitrogen and oxygen atoms in total. The van der Waals surface area contributed by atoms with Crippen LogP contribution in [-0.4, -0.2) is 37.8 Å². The second kappa shape index (κ2) is 8.70. The quantitative estimate of drug-likeness (QED) is 0.838. The van der Waals surface area contributed by atoms with Crippen LogP contribution in [0.1, 0.15) is 74.1 Å². The number of rotatable bonds is 6. The summed E-state index contributed by atoms with van der Waals surface area (Å²) in [4.78, 5) is 15.4. The number of benzene rings is 1. The van der Waals surface area contributed by atoms with Crippen LogP contribution in [0, 0.1) is 0 Å². The van der Waals surface area contributed by atoms with Crippen LogP contribution < -0.4 is 0 Å². The average molecular weight is 370 g/mol. The molecule has 1 saturated carbocycles. The second-order valence-corrected chi connectivity index (χ2v) is 7.76. The van der Waals surface area contributed by atoms with Crippen LogP contribution in [0.5, 0.6) is 0 Å². The van der Waals surface area contributed by atoms with Crippen LogP contribution in [0.25, 0.3) is 0 Å². The Morgan fingerprint density at radius 3 is 2.59 bits per heavy atom. The molecular formula is C22H31N3O2. The molecule has 1 aromatic carbocycles. The number of aliphatic hydroxyl groups excluding tert-OH is 1. The van der Waals surface area contributed by atoms with E-state index >= 15 is 0 Å². The maximum absolute atomic E-state index is 13.6. The molecule has 2 atom stereocenters. The van der Waals surface area contributed by atoms with Crippen molar-refractivity contribution < 1.29 is 9.90 Å². The molecule has 0 unspecified atom stereocenters. The summed E-state index contributed by atoms with van der Waals surface area (Å²) in [6.45, 7) is 7.34. The summed E-state index contributed by atoms with van der Waals surface area (Å²) in [6, 6.07) is 11.8. The first kappa shape index (κ1) is 19.6. The van der Waals surface area contributed by atoms with Crippen LogP contribution in [-0.2, 0) is 13.1 Å². The van der Waals surface area contributed by atoms with Gasteiger partial charge in [-0.3, -0.25) is 9.48 Å². The van der Waals surface area contributed by atoms with E-state index in [4.69, 9.17) is 0 Å². The van der Waals surface area contributed by atoms with Gasteiger partial charge in [0.15, 0.2) is 0 Å². The standard InChI is InChI=1S/C22H31N3O2/c1-4-25-20(14-18(23-25)16(2)3)22(27)24(15-17-10-6-5-7-11-17)19-12-8-9-13-21(19)26/h5-7,10-11,14,16,19,21,26H,4,8-9,12-13,15H2,1-3H3/t19-,21-/m1/s1. The molecule has 0 aliphatic heterocycles. The van der Waals surface area contributed by atoms with E-state index in [0.29, 0.717) is 18.8 Å². The van der Waals surface area contributed by atoms with Crippen molar-refractivity contribution in [3.63, 3.8) is 0 Å². The Balaban J connectivity index is 1.95. The van der Waals surface area contributed by atoms with Crippen molar-refractivity contribution in [2.45, 2.75) is 77.6 Å². The van der Waals surface area contributed by atoms with E-state index in [0.717, 1.165) is 36.9 Å². The monoisotopic (exact) mass is 369 g/mol. The summed E-state index contributed by atoms with van der Waals surface area (Å²) < 4.78 is 1.80. The van der Waals surface area contributed by atoms with Gasteiger partial charge in [-0.15, -0.1) is 0 Å². The lowest BCUT2D eigenvalue weighted by atomic mass is 9.90. The SMILES string of the molecule is CCn1nc(C(C)C)cc1C(=O)N(Cc1ccccc1)[C@@H]1CCCC[C@H]1O. The van der Waals surface area contributed by atoms with Crippen LogP contribution in [0.2, 0.25) is 0 Å². The molecule has 1 fully saturated rings. The highest BCUT2D eigenvalue weighted by atomic mass is 16.3. The fourth-order valence-electron chi connectivity index (χ4n) is 3.85. The maximum Gasteiger partial charge on any atom is 0.272 e. The van der Waals surface area contributed by atoms with Crippen LogP contribution in [0.15, 0.2) is 36.4 Å². The number of carbonyl (C=O) groups is 1. The first-order valence-corrected chi connectivity index (χ1v) is 10.1. The molecule has 1 aliphatic carbocycles. The van der Waals surface area contributed by atoms with E-state index in [1.54, 1.807) is 4.68 Å². The van der Waals surface area contributed by atoms with E-state index in [1.165, 1.54) is 0 Å². The molecule has 3 rings (SSSR count). The third-order valence-electron chi connectivity index (χ3n) is 5.46. The summed E-state index contributed by atoms with van der Waals surface area (Å²) in [5.41, 5.74) is 2.63. The minimum atomic E-state index is -0.464. The highest BCUT2D eigenvalue weighted by Gasteiger charge is 2.34. The Bertz CT molecular complexity index is 754. The summed E-state index contributed by atoms with van der Waals surface area (Å²) in [6.07, 6.45) is 3.21. The Hall–Kier alpha value is -2.14. The lowest BCUT2D eigenvalue weighted by molar-refractivity contribution is 0.0142. The summed E-state index contributed by atoms with van der Waals surface area (Å²) in [5.74, 6) is 0.234. The summed E-state index contributed by atoms with van der Waals surface area (Å²) in [5, 5.41) is 15.2. The number of amides is 1. The molecule has 2 aromatic rings. The Morgan fingerprint density at radius 2 is 1.96 bits per heavy atom. The van der Waals surface area contributed by atoms with E-state index in [-0.39, 0.29) is 17.9 Å². The Kier molecular flexibility index (Phi) is 6.32. The zero-order valence-electron chi connectivity index (χ0n) is 16.6. The fraction of sp³-hybridized carbons (Fsp3) is 0.545. The summed E-state index contributed by atoms with van der Waals surface area (Å²) in [7, 11) is 0. The molecule has 27 heavy (non-hydrogen) atoms. The normalized spacial score (nSPS) is 20.0. The number of aliphatic hydroxyl groups is 1. The van der Waals surface area contributed by atoms with Crippen molar-refractivity contribution in [2.75, 3.05) is 0 Å². The van der Waals surface area contributed by atoms with Gasteiger partial charge in [-0.1, -0.05) is 57.0 Å². The van der Waals surface area contributed by atoms with Gasteiger partial charge in [-0.05, 0) is 37.3 Å². The zero-order valence-corrected chi connectivity index (χ0v) is 16.6. The number of hydrogen-bond acceptors (Lipinski definition) is 3. The van der Waals surface area contributed by atoms with E-state index in [2.05, 4.69) is 18.9 Å². The van der Waals surface area contributed by atoms with Gasteiger partial charge >= 0.3 is 0 Å². The molecular weight excluding hydrogens is 338 g/mol. The average Bonchev–Trinajstić information content (AvgIpc) is 3.12. The lowest BCUT2D eigenvalue weighted by Crippen LogP contribution is -2.48. The maximum atomic E-state index is 13.6.